The lowest BCUT2D eigenvalue weighted by Gasteiger charge is -2.47. The van der Waals surface area contributed by atoms with Crippen LogP contribution in [0.5, 0.6) is 5.75 Å². The molecule has 3 aromatic carbocycles. The molecule has 0 N–H and O–H groups in total. The molecule has 2 aliphatic rings. The van der Waals surface area contributed by atoms with Crippen molar-refractivity contribution in [2.24, 2.45) is 0 Å². The summed E-state index contributed by atoms with van der Waals surface area (Å²) < 4.78 is 81.0. The fourth-order valence-electron chi connectivity index (χ4n) is 4.73. The molecule has 206 valence electrons. The third-order valence-electron chi connectivity index (χ3n) is 6.84. The summed E-state index contributed by atoms with van der Waals surface area (Å²) in [6.07, 6.45) is -4.57. The molecule has 12 heteroatoms. The molecular weight excluding hydrogens is 601 g/mol. The first-order chi connectivity index (χ1) is 18.5. The van der Waals surface area contributed by atoms with E-state index in [2.05, 4.69) is 15.9 Å². The Hall–Kier alpha value is -3.25. The number of fused-ring (bicyclic) bond motifs is 1. The molecule has 1 spiro atoms. The molecule has 0 aromatic heterocycles. The normalized spacial score (nSPS) is 16.9. The van der Waals surface area contributed by atoms with E-state index in [1.165, 1.54) is 0 Å². The highest BCUT2D eigenvalue weighted by molar-refractivity contribution is 9.10. The van der Waals surface area contributed by atoms with Gasteiger partial charge in [-0.15, -0.1) is 0 Å². The molecule has 2 heterocycles. The molecule has 1 amide bonds. The Morgan fingerprint density at radius 3 is 2.41 bits per heavy atom. The first kappa shape index (κ1) is 27.3. The fourth-order valence-corrected chi connectivity index (χ4v) is 6.66. The summed E-state index contributed by atoms with van der Waals surface area (Å²) in [5.41, 5.74) is -0.959. The van der Waals surface area contributed by atoms with E-state index in [0.29, 0.717) is 29.1 Å². The number of rotatable bonds is 4. The Labute approximate surface area is 232 Å². The van der Waals surface area contributed by atoms with Crippen LogP contribution in [0.4, 0.5) is 23.7 Å². The van der Waals surface area contributed by atoms with Crippen LogP contribution < -0.4 is 9.04 Å². The number of hydrogen-bond donors (Lipinski definition) is 0. The number of sulfonamides is 1. The lowest BCUT2D eigenvalue weighted by Crippen LogP contribution is -2.58. The van der Waals surface area contributed by atoms with Crippen LogP contribution in [-0.4, -0.2) is 44.6 Å². The first-order valence-electron chi connectivity index (χ1n) is 12.1. The number of alkyl halides is 3. The van der Waals surface area contributed by atoms with Gasteiger partial charge in [0.05, 0.1) is 22.7 Å². The number of hydrogen-bond acceptors (Lipinski definition) is 5. The van der Waals surface area contributed by atoms with Gasteiger partial charge in [-0.05, 0) is 42.0 Å². The van der Waals surface area contributed by atoms with Crippen molar-refractivity contribution in [3.05, 3.63) is 88.4 Å². The molecule has 0 atom stereocenters. The topological polar surface area (TPSA) is 76.2 Å². The predicted octanol–water partition coefficient (Wildman–Crippen LogP) is 6.23. The molecule has 1 fully saturated rings. The van der Waals surface area contributed by atoms with Crippen molar-refractivity contribution in [2.45, 2.75) is 36.1 Å². The van der Waals surface area contributed by atoms with Crippen molar-refractivity contribution in [3.63, 3.8) is 0 Å². The summed E-state index contributed by atoms with van der Waals surface area (Å²) in [5.74, 6) is 0.292. The number of ether oxygens (including phenoxy) is 2. The summed E-state index contributed by atoms with van der Waals surface area (Å²) in [6, 6.07) is 17.8. The fraction of sp³-hybridized carbons (Fsp3) is 0.296. The quantitative estimate of drug-likeness (QED) is 0.344. The number of amides is 1. The van der Waals surface area contributed by atoms with Gasteiger partial charge < -0.3 is 14.4 Å². The zero-order valence-electron chi connectivity index (χ0n) is 20.5. The minimum Gasteiger partial charge on any atom is -0.483 e. The van der Waals surface area contributed by atoms with Crippen LogP contribution in [0.25, 0.3) is 0 Å². The van der Waals surface area contributed by atoms with E-state index < -0.39 is 38.4 Å². The first-order valence-corrected chi connectivity index (χ1v) is 14.3. The van der Waals surface area contributed by atoms with Gasteiger partial charge in [-0.25, -0.2) is 13.2 Å². The lowest BCUT2D eigenvalue weighted by atomic mass is 9.89. The van der Waals surface area contributed by atoms with E-state index in [1.54, 1.807) is 23.1 Å². The van der Waals surface area contributed by atoms with E-state index in [9.17, 15) is 26.4 Å². The standard InChI is InChI=1S/C27H24BrF3N2O5S/c28-21-9-10-24-23(16-21)33(39(35,36)22-8-4-7-20(15-22)27(29,30)31)18-26(38-24)11-13-32(14-12-26)25(34)37-17-19-5-2-1-3-6-19/h1-10,15-16H,11-14,17-18H2. The number of halogens is 4. The Kier molecular flexibility index (Phi) is 7.27. The average Bonchev–Trinajstić information content (AvgIpc) is 2.92. The second kappa shape index (κ2) is 10.4. The van der Waals surface area contributed by atoms with Gasteiger partial charge in [0, 0.05) is 30.4 Å². The van der Waals surface area contributed by atoms with Crippen LogP contribution in [0.3, 0.4) is 0 Å². The van der Waals surface area contributed by atoms with Gasteiger partial charge in [0.15, 0.2) is 0 Å². The largest absolute Gasteiger partial charge is 0.483 e. The summed E-state index contributed by atoms with van der Waals surface area (Å²) in [4.78, 5) is 13.7. The second-order valence-electron chi connectivity index (χ2n) is 9.46. The van der Waals surface area contributed by atoms with E-state index in [-0.39, 0.29) is 31.9 Å². The van der Waals surface area contributed by atoms with E-state index in [1.807, 2.05) is 30.3 Å². The Morgan fingerprint density at radius 2 is 1.72 bits per heavy atom. The zero-order chi connectivity index (χ0) is 27.8. The third kappa shape index (κ3) is 5.72. The summed E-state index contributed by atoms with van der Waals surface area (Å²) in [5, 5.41) is 0. The summed E-state index contributed by atoms with van der Waals surface area (Å²) in [7, 11) is -4.39. The van der Waals surface area contributed by atoms with Gasteiger partial charge in [-0.3, -0.25) is 4.31 Å². The van der Waals surface area contributed by atoms with Gasteiger partial charge in [0.25, 0.3) is 10.0 Å². The molecule has 2 aliphatic heterocycles. The zero-order valence-corrected chi connectivity index (χ0v) is 22.9. The van der Waals surface area contributed by atoms with Crippen LogP contribution in [-0.2, 0) is 27.5 Å². The maximum atomic E-state index is 13.8. The van der Waals surface area contributed by atoms with Gasteiger partial charge in [0.1, 0.15) is 18.0 Å². The molecule has 7 nitrogen and oxygen atoms in total. The van der Waals surface area contributed by atoms with Gasteiger partial charge in [-0.1, -0.05) is 52.3 Å². The summed E-state index contributed by atoms with van der Waals surface area (Å²) in [6.45, 7) is 0.527. The Bertz CT molecular complexity index is 1480. The molecule has 0 aliphatic carbocycles. The van der Waals surface area contributed by atoms with Crippen LogP contribution in [0.15, 0.2) is 82.2 Å². The highest BCUT2D eigenvalue weighted by Gasteiger charge is 2.47. The number of anilines is 1. The Balaban J connectivity index is 1.38. The number of piperidine rings is 1. The molecule has 3 aromatic rings. The number of nitrogens with zero attached hydrogens (tertiary/aromatic N) is 2. The predicted molar refractivity (Wildman–Crippen MR) is 141 cm³/mol. The average molecular weight is 625 g/mol. The number of likely N-dealkylation sites (tertiary alicyclic amines) is 1. The van der Waals surface area contributed by atoms with Crippen LogP contribution in [0, 0.1) is 0 Å². The molecule has 0 bridgehead atoms. The maximum Gasteiger partial charge on any atom is 0.416 e. The molecular formula is C27H24BrF3N2O5S. The summed E-state index contributed by atoms with van der Waals surface area (Å²) >= 11 is 3.34. The van der Waals surface area contributed by atoms with Crippen molar-refractivity contribution in [3.8, 4) is 5.75 Å². The van der Waals surface area contributed by atoms with Gasteiger partial charge >= 0.3 is 12.3 Å². The minimum absolute atomic E-state index is 0.123. The van der Waals surface area contributed by atoms with Crippen molar-refractivity contribution < 1.29 is 35.9 Å². The third-order valence-corrected chi connectivity index (χ3v) is 9.08. The van der Waals surface area contributed by atoms with Crippen molar-refractivity contribution in [1.29, 1.82) is 0 Å². The molecule has 39 heavy (non-hydrogen) atoms. The van der Waals surface area contributed by atoms with Crippen molar-refractivity contribution in [2.75, 3.05) is 23.9 Å². The second-order valence-corrected chi connectivity index (χ2v) is 12.2. The van der Waals surface area contributed by atoms with E-state index in [0.717, 1.165) is 28.1 Å². The SMILES string of the molecule is O=C(OCc1ccccc1)N1CCC2(CC1)CN(S(=O)(=O)c1cccc(C(F)(F)F)c1)c1cc(Br)ccc1O2. The van der Waals surface area contributed by atoms with Crippen LogP contribution in [0.2, 0.25) is 0 Å². The van der Waals surface area contributed by atoms with Crippen molar-refractivity contribution >= 4 is 37.7 Å². The smallest absolute Gasteiger partial charge is 0.416 e. The number of carbonyl (C=O) groups is 1. The molecule has 0 unspecified atom stereocenters. The van der Waals surface area contributed by atoms with Crippen molar-refractivity contribution in [1.82, 2.24) is 4.90 Å². The van der Waals surface area contributed by atoms with Crippen LogP contribution >= 0.6 is 15.9 Å². The van der Waals surface area contributed by atoms with E-state index in [4.69, 9.17) is 9.47 Å². The molecule has 0 saturated carbocycles. The monoisotopic (exact) mass is 624 g/mol. The molecule has 1 saturated heterocycles. The lowest BCUT2D eigenvalue weighted by molar-refractivity contribution is -0.137. The minimum atomic E-state index is -4.69. The van der Waals surface area contributed by atoms with Gasteiger partial charge in [0.2, 0.25) is 0 Å². The highest BCUT2D eigenvalue weighted by atomic mass is 79.9. The maximum absolute atomic E-state index is 13.8. The van der Waals surface area contributed by atoms with E-state index >= 15 is 0 Å². The molecule has 0 radical (unpaired) electrons. The Morgan fingerprint density at radius 1 is 1.00 bits per heavy atom. The van der Waals surface area contributed by atoms with Gasteiger partial charge in [-0.2, -0.15) is 13.2 Å². The number of carbonyl (C=O) groups excluding carboxylic acids is 1. The molecule has 5 rings (SSSR count). The van der Waals surface area contributed by atoms with Crippen LogP contribution in [0.1, 0.15) is 24.0 Å². The highest BCUT2D eigenvalue weighted by Crippen LogP contribution is 2.45. The number of benzene rings is 3.